The number of nitrogens with zero attached hydrogens (tertiary/aromatic N) is 2. The molecule has 1 atom stereocenters. The molecule has 0 radical (unpaired) electrons. The first kappa shape index (κ1) is 18.9. The topological polar surface area (TPSA) is 52.7 Å². The Balaban J connectivity index is 1.38. The van der Waals surface area contributed by atoms with Gasteiger partial charge in [-0.3, -0.25) is 14.5 Å². The molecule has 5 heteroatoms. The molecule has 0 bridgehead atoms. The van der Waals surface area contributed by atoms with Crippen molar-refractivity contribution in [1.82, 2.24) is 15.1 Å². The number of piperidine rings is 2. The summed E-state index contributed by atoms with van der Waals surface area (Å²) in [6.07, 6.45) is 4.03. The van der Waals surface area contributed by atoms with E-state index in [1.807, 2.05) is 35.2 Å². The summed E-state index contributed by atoms with van der Waals surface area (Å²) in [6, 6.07) is 10.00. The van der Waals surface area contributed by atoms with Crippen molar-refractivity contribution in [2.24, 2.45) is 11.8 Å². The first-order chi connectivity index (χ1) is 12.6. The van der Waals surface area contributed by atoms with Gasteiger partial charge in [-0.15, -0.1) is 0 Å². The molecule has 2 fully saturated rings. The molecule has 1 N–H and O–H groups in total. The van der Waals surface area contributed by atoms with Crippen LogP contribution in [0.1, 0.15) is 38.2 Å². The lowest BCUT2D eigenvalue weighted by atomic mass is 9.95. The summed E-state index contributed by atoms with van der Waals surface area (Å²) in [5, 5.41) is 3.05. The van der Waals surface area contributed by atoms with E-state index in [1.54, 1.807) is 0 Å². The Bertz CT molecular complexity index is 597. The van der Waals surface area contributed by atoms with Gasteiger partial charge in [0.05, 0.1) is 6.54 Å². The van der Waals surface area contributed by atoms with Gasteiger partial charge in [0, 0.05) is 25.6 Å². The van der Waals surface area contributed by atoms with Gasteiger partial charge in [-0.25, -0.2) is 0 Å². The van der Waals surface area contributed by atoms with Crippen LogP contribution in [0.2, 0.25) is 0 Å². The van der Waals surface area contributed by atoms with E-state index in [9.17, 15) is 9.59 Å². The van der Waals surface area contributed by atoms with E-state index in [0.717, 1.165) is 51.0 Å². The molecule has 2 saturated heterocycles. The number of carbonyl (C=O) groups excluding carboxylic acids is 2. The molecule has 2 heterocycles. The molecule has 2 aliphatic rings. The zero-order valence-corrected chi connectivity index (χ0v) is 15.8. The summed E-state index contributed by atoms with van der Waals surface area (Å²) in [5.74, 6) is 1.08. The number of likely N-dealkylation sites (tertiary alicyclic amines) is 2. The molecule has 0 saturated carbocycles. The van der Waals surface area contributed by atoms with Gasteiger partial charge in [0.2, 0.25) is 11.8 Å². The summed E-state index contributed by atoms with van der Waals surface area (Å²) in [4.78, 5) is 29.1. The van der Waals surface area contributed by atoms with Crippen molar-refractivity contribution in [3.8, 4) is 0 Å². The first-order valence-corrected chi connectivity index (χ1v) is 9.93. The maximum Gasteiger partial charge on any atom is 0.236 e. The van der Waals surface area contributed by atoms with E-state index < -0.39 is 0 Å². The highest BCUT2D eigenvalue weighted by Crippen LogP contribution is 2.19. The minimum Gasteiger partial charge on any atom is -0.352 e. The van der Waals surface area contributed by atoms with E-state index in [-0.39, 0.29) is 17.7 Å². The predicted octanol–water partition coefficient (Wildman–Crippen LogP) is 2.27. The highest BCUT2D eigenvalue weighted by atomic mass is 16.2. The number of benzene rings is 1. The van der Waals surface area contributed by atoms with Crippen LogP contribution in [-0.2, 0) is 16.1 Å². The summed E-state index contributed by atoms with van der Waals surface area (Å²) in [7, 11) is 0. The average molecular weight is 357 g/mol. The maximum atomic E-state index is 12.5. The molecule has 5 nitrogen and oxygen atoms in total. The van der Waals surface area contributed by atoms with Crippen LogP contribution in [0.25, 0.3) is 0 Å². The van der Waals surface area contributed by atoms with Gasteiger partial charge >= 0.3 is 0 Å². The van der Waals surface area contributed by atoms with Crippen LogP contribution >= 0.6 is 0 Å². The molecular weight excluding hydrogens is 326 g/mol. The number of nitrogens with one attached hydrogen (secondary N) is 1. The molecule has 0 aromatic heterocycles. The lowest BCUT2D eigenvalue weighted by Gasteiger charge is -2.35. The second-order valence-corrected chi connectivity index (χ2v) is 7.84. The molecule has 2 aliphatic heterocycles. The monoisotopic (exact) mass is 357 g/mol. The van der Waals surface area contributed by atoms with E-state index in [2.05, 4.69) is 17.1 Å². The number of hydrogen-bond donors (Lipinski definition) is 1. The maximum absolute atomic E-state index is 12.5. The molecule has 2 amide bonds. The van der Waals surface area contributed by atoms with Crippen LogP contribution in [0.3, 0.4) is 0 Å². The quantitative estimate of drug-likeness (QED) is 0.880. The summed E-state index contributed by atoms with van der Waals surface area (Å²) < 4.78 is 0. The number of rotatable bonds is 5. The van der Waals surface area contributed by atoms with Crippen molar-refractivity contribution >= 4 is 11.8 Å². The van der Waals surface area contributed by atoms with Crippen LogP contribution in [0.4, 0.5) is 0 Å². The van der Waals surface area contributed by atoms with Crippen molar-refractivity contribution in [3.05, 3.63) is 35.9 Å². The van der Waals surface area contributed by atoms with Crippen LogP contribution in [0, 0.1) is 11.8 Å². The minimum atomic E-state index is 0.0695. The Morgan fingerprint density at radius 2 is 1.81 bits per heavy atom. The Morgan fingerprint density at radius 1 is 1.08 bits per heavy atom. The van der Waals surface area contributed by atoms with Crippen molar-refractivity contribution in [1.29, 1.82) is 0 Å². The van der Waals surface area contributed by atoms with E-state index >= 15 is 0 Å². The summed E-state index contributed by atoms with van der Waals surface area (Å²) >= 11 is 0. The molecule has 26 heavy (non-hydrogen) atoms. The highest BCUT2D eigenvalue weighted by molar-refractivity contribution is 5.79. The van der Waals surface area contributed by atoms with Crippen molar-refractivity contribution in [2.75, 3.05) is 32.7 Å². The van der Waals surface area contributed by atoms with Gasteiger partial charge in [0.25, 0.3) is 0 Å². The summed E-state index contributed by atoms with van der Waals surface area (Å²) in [6.45, 7) is 6.78. The van der Waals surface area contributed by atoms with Crippen LogP contribution in [0.15, 0.2) is 30.3 Å². The lowest BCUT2D eigenvalue weighted by Crippen LogP contribution is -2.47. The smallest absolute Gasteiger partial charge is 0.236 e. The fourth-order valence-corrected chi connectivity index (χ4v) is 3.99. The van der Waals surface area contributed by atoms with Crippen LogP contribution < -0.4 is 5.32 Å². The fourth-order valence-electron chi connectivity index (χ4n) is 3.99. The third kappa shape index (κ3) is 5.31. The molecule has 1 unspecified atom stereocenters. The van der Waals surface area contributed by atoms with Gasteiger partial charge in [0.15, 0.2) is 0 Å². The predicted molar refractivity (Wildman–Crippen MR) is 102 cm³/mol. The van der Waals surface area contributed by atoms with Crippen LogP contribution in [-0.4, -0.2) is 54.3 Å². The Labute approximate surface area is 156 Å². The molecule has 1 aromatic rings. The molecule has 0 aliphatic carbocycles. The van der Waals surface area contributed by atoms with Gasteiger partial charge in [-0.05, 0) is 50.3 Å². The van der Waals surface area contributed by atoms with Crippen LogP contribution in [0.5, 0.6) is 0 Å². The second-order valence-electron chi connectivity index (χ2n) is 7.84. The van der Waals surface area contributed by atoms with Crippen molar-refractivity contribution in [3.63, 3.8) is 0 Å². The lowest BCUT2D eigenvalue weighted by molar-refractivity contribution is -0.134. The zero-order chi connectivity index (χ0) is 18.4. The van der Waals surface area contributed by atoms with E-state index in [1.165, 1.54) is 6.42 Å². The largest absolute Gasteiger partial charge is 0.352 e. The molecule has 0 spiro atoms. The molecule has 1 aromatic carbocycles. The molecule has 3 rings (SSSR count). The van der Waals surface area contributed by atoms with E-state index in [4.69, 9.17) is 0 Å². The standard InChI is InChI=1S/C21H31N3O2/c1-17-6-5-11-24(15-17)20(25)16-23-12-9-19(10-13-23)21(26)22-14-18-7-3-2-4-8-18/h2-4,7-8,17,19H,5-6,9-16H2,1H3,(H,22,26). The minimum absolute atomic E-state index is 0.0695. The van der Waals surface area contributed by atoms with Gasteiger partial charge in [-0.2, -0.15) is 0 Å². The SMILES string of the molecule is CC1CCCN(C(=O)CN2CCC(C(=O)NCc3ccccc3)CC2)C1. The van der Waals surface area contributed by atoms with Gasteiger partial charge in [0.1, 0.15) is 0 Å². The van der Waals surface area contributed by atoms with Crippen molar-refractivity contribution in [2.45, 2.75) is 39.2 Å². The average Bonchev–Trinajstić information content (AvgIpc) is 2.67. The third-order valence-corrected chi connectivity index (χ3v) is 5.64. The highest BCUT2D eigenvalue weighted by Gasteiger charge is 2.28. The van der Waals surface area contributed by atoms with Gasteiger partial charge in [-0.1, -0.05) is 37.3 Å². The van der Waals surface area contributed by atoms with E-state index in [0.29, 0.717) is 19.0 Å². The van der Waals surface area contributed by atoms with Gasteiger partial charge < -0.3 is 10.2 Å². The number of carbonyl (C=O) groups is 2. The molecular formula is C21H31N3O2. The Morgan fingerprint density at radius 3 is 2.50 bits per heavy atom. The first-order valence-electron chi connectivity index (χ1n) is 9.93. The second kappa shape index (κ2) is 9.17. The zero-order valence-electron chi connectivity index (χ0n) is 15.8. The number of hydrogen-bond acceptors (Lipinski definition) is 3. The Hall–Kier alpha value is -1.88. The fraction of sp³-hybridized carbons (Fsp3) is 0.619. The summed E-state index contributed by atoms with van der Waals surface area (Å²) in [5.41, 5.74) is 1.12. The normalized spacial score (nSPS) is 22.2. The van der Waals surface area contributed by atoms with Crippen molar-refractivity contribution < 1.29 is 9.59 Å². The Kier molecular flexibility index (Phi) is 6.67. The molecule has 142 valence electrons. The number of amides is 2. The third-order valence-electron chi connectivity index (χ3n) is 5.64.